The van der Waals surface area contributed by atoms with Crippen LogP contribution in [0.25, 0.3) is 0 Å². The van der Waals surface area contributed by atoms with Gasteiger partial charge in [-0.3, -0.25) is 0 Å². The van der Waals surface area contributed by atoms with Crippen molar-refractivity contribution in [3.63, 3.8) is 0 Å². The Hall–Kier alpha value is -1.93. The quantitative estimate of drug-likeness (QED) is 0.244. The molecule has 6 heteroatoms. The summed E-state index contributed by atoms with van der Waals surface area (Å²) in [7, 11) is 1.66. The van der Waals surface area contributed by atoms with E-state index in [0.29, 0.717) is 6.61 Å². The van der Waals surface area contributed by atoms with E-state index >= 15 is 0 Å². The fourth-order valence-corrected chi connectivity index (χ4v) is 2.60. The minimum absolute atomic E-state index is 0. The van der Waals surface area contributed by atoms with E-state index in [1.165, 1.54) is 5.56 Å². The van der Waals surface area contributed by atoms with Gasteiger partial charge in [0.25, 0.3) is 0 Å². The summed E-state index contributed by atoms with van der Waals surface area (Å²) >= 11 is 0. The predicted octanol–water partition coefficient (Wildman–Crippen LogP) is 1.52. The van der Waals surface area contributed by atoms with Gasteiger partial charge in [0.1, 0.15) is 11.5 Å². The number of amides is 1. The second-order valence-electron chi connectivity index (χ2n) is 6.52. The minimum Gasteiger partial charge on any atom is -0.497 e. The molecule has 0 aromatic heterocycles. The van der Waals surface area contributed by atoms with E-state index in [-0.39, 0.29) is 18.9 Å². The van der Waals surface area contributed by atoms with E-state index in [2.05, 4.69) is 24.5 Å². The third-order valence-corrected chi connectivity index (χ3v) is 4.07. The van der Waals surface area contributed by atoms with Gasteiger partial charge in [0.05, 0.1) is 20.1 Å². The summed E-state index contributed by atoms with van der Waals surface area (Å²) in [5.74, 6) is 1.67. The van der Waals surface area contributed by atoms with Crippen LogP contribution >= 0.6 is 0 Å². The molecule has 0 aliphatic heterocycles. The van der Waals surface area contributed by atoms with Crippen molar-refractivity contribution in [1.29, 1.82) is 0 Å². The molecule has 160 valence electrons. The van der Waals surface area contributed by atoms with Gasteiger partial charge >= 0.3 is 18.9 Å². The molecule has 2 N–H and O–H groups in total. The molecule has 2 rings (SSSR count). The average Bonchev–Trinajstić information content (AvgIpc) is 2.73. The van der Waals surface area contributed by atoms with Crippen LogP contribution in [0.2, 0.25) is 0 Å². The summed E-state index contributed by atoms with van der Waals surface area (Å²) in [5.41, 5.74) is 3.14. The molecule has 0 saturated carbocycles. The number of hydrogen-bond acceptors (Lipinski definition) is 4. The first-order valence-corrected chi connectivity index (χ1v) is 9.92. The minimum atomic E-state index is 0. The molecule has 0 radical (unpaired) electrons. The van der Waals surface area contributed by atoms with Crippen molar-refractivity contribution in [2.75, 3.05) is 32.1 Å². The summed E-state index contributed by atoms with van der Waals surface area (Å²) in [6.07, 6.45) is 5.65. The first kappa shape index (κ1) is 28.1. The largest absolute Gasteiger partial charge is 1.00 e. The van der Waals surface area contributed by atoms with Crippen molar-refractivity contribution < 1.29 is 33.1 Å². The van der Waals surface area contributed by atoms with Gasteiger partial charge in [-0.25, -0.2) is 0 Å². The number of methoxy groups -OCH3 is 1. The van der Waals surface area contributed by atoms with Crippen molar-refractivity contribution in [3.05, 3.63) is 67.4 Å². The van der Waals surface area contributed by atoms with E-state index in [0.717, 1.165) is 61.5 Å². The summed E-state index contributed by atoms with van der Waals surface area (Å²) < 4.78 is 11.0. The van der Waals surface area contributed by atoms with Gasteiger partial charge < -0.3 is 38.7 Å². The van der Waals surface area contributed by atoms with Crippen molar-refractivity contribution in [2.24, 2.45) is 0 Å². The summed E-state index contributed by atoms with van der Waals surface area (Å²) in [6.45, 7) is 11.7. The van der Waals surface area contributed by atoms with Crippen LogP contribution in [0, 0.1) is 20.8 Å². The predicted molar refractivity (Wildman–Crippen MR) is 120 cm³/mol. The third-order valence-electron chi connectivity index (χ3n) is 4.07. The van der Waals surface area contributed by atoms with Crippen LogP contribution in [0.4, 0.5) is 5.69 Å². The molecule has 0 saturated heterocycles. The molecule has 0 unspecified atom stereocenters. The van der Waals surface area contributed by atoms with Crippen LogP contribution < -0.4 is 39.0 Å². The van der Waals surface area contributed by atoms with Gasteiger partial charge in [-0.1, -0.05) is 17.7 Å². The smallest absolute Gasteiger partial charge is 0.497 e. The Morgan fingerprint density at radius 3 is 2.30 bits per heavy atom. The van der Waals surface area contributed by atoms with Crippen LogP contribution in [-0.2, 0) is 11.2 Å². The van der Waals surface area contributed by atoms with Crippen molar-refractivity contribution in [2.45, 2.75) is 32.6 Å². The number of ether oxygens (including phenoxy) is 2. The van der Waals surface area contributed by atoms with Crippen molar-refractivity contribution in [3.8, 4) is 11.5 Å². The molecular formula is C24H33LiN2O3-2. The van der Waals surface area contributed by atoms with E-state index < -0.39 is 0 Å². The molecule has 2 aromatic carbocycles. The zero-order valence-corrected chi connectivity index (χ0v) is 18.6. The average molecular weight is 404 g/mol. The number of anilines is 1. The van der Waals surface area contributed by atoms with Crippen LogP contribution in [0.3, 0.4) is 0 Å². The molecule has 0 spiro atoms. The number of rotatable bonds is 12. The molecule has 0 heterocycles. The molecule has 30 heavy (non-hydrogen) atoms. The number of aryl methyl sites for hydroxylation is 2. The van der Waals surface area contributed by atoms with Crippen molar-refractivity contribution in [1.82, 2.24) is 5.32 Å². The topological polar surface area (TPSA) is 59.6 Å². The fourth-order valence-electron chi connectivity index (χ4n) is 2.60. The molecule has 0 aliphatic carbocycles. The summed E-state index contributed by atoms with van der Waals surface area (Å²) in [6, 6.07) is 13.7. The Bertz CT molecular complexity index is 689. The first-order chi connectivity index (χ1) is 14.1. The van der Waals surface area contributed by atoms with E-state index in [1.54, 1.807) is 13.5 Å². The van der Waals surface area contributed by atoms with Crippen LogP contribution in [0.15, 0.2) is 42.5 Å². The van der Waals surface area contributed by atoms with E-state index in [4.69, 9.17) is 9.47 Å². The number of unbranched alkanes of at least 4 members (excludes halogenated alkanes) is 1. The monoisotopic (exact) mass is 404 g/mol. The van der Waals surface area contributed by atoms with Gasteiger partial charge in [-0.15, -0.1) is 24.4 Å². The number of hydrogen-bond donors (Lipinski definition) is 2. The molecule has 0 bridgehead atoms. The zero-order valence-electron chi connectivity index (χ0n) is 18.6. The van der Waals surface area contributed by atoms with Gasteiger partial charge in [-0.2, -0.15) is 6.42 Å². The van der Waals surface area contributed by atoms with Gasteiger partial charge in [0.15, 0.2) is 0 Å². The van der Waals surface area contributed by atoms with Crippen LogP contribution in [-0.4, -0.2) is 33.2 Å². The Morgan fingerprint density at radius 2 is 1.73 bits per heavy atom. The van der Waals surface area contributed by atoms with E-state index in [9.17, 15) is 4.79 Å². The van der Waals surface area contributed by atoms with Gasteiger partial charge in [-0.05, 0) is 50.4 Å². The van der Waals surface area contributed by atoms with Gasteiger partial charge in [0.2, 0.25) is 0 Å². The summed E-state index contributed by atoms with van der Waals surface area (Å²) in [4.78, 5) is 10.2. The van der Waals surface area contributed by atoms with Crippen LogP contribution in [0.5, 0.6) is 11.5 Å². The molecule has 5 nitrogen and oxygen atoms in total. The third kappa shape index (κ3) is 12.6. The summed E-state index contributed by atoms with van der Waals surface area (Å²) in [5, 5.41) is 5.53. The molecule has 0 atom stereocenters. The second-order valence-corrected chi connectivity index (χ2v) is 6.52. The SMILES string of the molecule is COc1cc(C)cc(OCCCCc2ccc(N[C-]=O)cc2)c1.[CH2-]CCNC[CH2-].[Li+]. The molecular weight excluding hydrogens is 371 g/mol. The molecule has 2 aromatic rings. The molecule has 1 amide bonds. The Balaban J connectivity index is 0.00000105. The number of nitrogens with one attached hydrogen (secondary N) is 2. The zero-order chi connectivity index (χ0) is 21.3. The maximum absolute atomic E-state index is 10.2. The molecule has 0 fully saturated rings. The second kappa shape index (κ2) is 17.9. The maximum Gasteiger partial charge on any atom is 1.00 e. The fraction of sp³-hybridized carbons (Fsp3) is 0.375. The van der Waals surface area contributed by atoms with Gasteiger partial charge in [0, 0.05) is 6.07 Å². The normalized spacial score (nSPS) is 9.60. The van der Waals surface area contributed by atoms with Crippen molar-refractivity contribution >= 4 is 12.1 Å². The van der Waals surface area contributed by atoms with E-state index in [1.807, 2.05) is 49.4 Å². The number of carbonyl (C=O) groups excluding carboxylic acids is 1. The maximum atomic E-state index is 10.2. The Kier molecular flexibility index (Phi) is 16.7. The van der Waals surface area contributed by atoms with Crippen LogP contribution in [0.1, 0.15) is 30.4 Å². The standard InChI is InChI=1S/C19H22NO3.C5H11N.Li/c1-15-11-18(22-2)13-19(12-15)23-10-4-3-5-16-6-8-17(9-7-16)20-14-21;1-3-5-6-4-2;/h6-9,11-13H,3-5,10H2,1-2H3,(H,20,21);6H,1-5H2;/q-1;-2;+1. The first-order valence-electron chi connectivity index (χ1n) is 9.92. The number of benzene rings is 2. The Labute approximate surface area is 194 Å². The Morgan fingerprint density at radius 1 is 1.03 bits per heavy atom. The molecule has 0 aliphatic rings.